The van der Waals surface area contributed by atoms with Gasteiger partial charge in [0.25, 0.3) is 5.91 Å². The van der Waals surface area contributed by atoms with Crippen LogP contribution in [0.1, 0.15) is 28.2 Å². The topological polar surface area (TPSA) is 67.2 Å². The largest absolute Gasteiger partial charge is 0.507 e. The molecule has 0 aliphatic rings. The van der Waals surface area contributed by atoms with E-state index >= 15 is 0 Å². The Morgan fingerprint density at radius 1 is 1.38 bits per heavy atom. The highest BCUT2D eigenvalue weighted by Gasteiger charge is 2.10. The molecule has 0 unspecified atom stereocenters. The van der Waals surface area contributed by atoms with Crippen LogP contribution in [0.25, 0.3) is 0 Å². The second kappa shape index (κ2) is 6.76. The molecule has 1 heterocycles. The highest BCUT2D eigenvalue weighted by molar-refractivity contribution is 9.10. The Kier molecular flexibility index (Phi) is 5.01. The summed E-state index contributed by atoms with van der Waals surface area (Å²) in [4.78, 5) is 12.0. The summed E-state index contributed by atoms with van der Waals surface area (Å²) in [5, 5.41) is 16.9. The van der Waals surface area contributed by atoms with Crippen molar-refractivity contribution in [3.63, 3.8) is 0 Å². The molecular formula is C15H18BrN3O2. The standard InChI is InChI=1S/C15H18BrN3O2/c1-10-8-11(2)19(18-10)7-3-6-17-15(21)13-5-4-12(16)9-14(13)20/h4-5,8-9,20H,3,6-7H2,1-2H3,(H,17,21). The van der Waals surface area contributed by atoms with Crippen LogP contribution >= 0.6 is 15.9 Å². The number of aromatic nitrogens is 2. The summed E-state index contributed by atoms with van der Waals surface area (Å²) in [6.45, 7) is 5.26. The maximum Gasteiger partial charge on any atom is 0.255 e. The minimum absolute atomic E-state index is 0.0274. The van der Waals surface area contributed by atoms with Crippen LogP contribution in [-0.4, -0.2) is 27.3 Å². The Balaban J connectivity index is 1.83. The van der Waals surface area contributed by atoms with E-state index in [1.54, 1.807) is 12.1 Å². The summed E-state index contributed by atoms with van der Waals surface area (Å²) in [6, 6.07) is 6.85. The van der Waals surface area contributed by atoms with E-state index in [1.807, 2.05) is 24.6 Å². The summed E-state index contributed by atoms with van der Waals surface area (Å²) < 4.78 is 2.67. The third kappa shape index (κ3) is 4.07. The monoisotopic (exact) mass is 351 g/mol. The fourth-order valence-electron chi connectivity index (χ4n) is 2.12. The van der Waals surface area contributed by atoms with Gasteiger partial charge in [0.05, 0.1) is 11.3 Å². The molecule has 2 aromatic rings. The highest BCUT2D eigenvalue weighted by atomic mass is 79.9. The minimum Gasteiger partial charge on any atom is -0.507 e. The Morgan fingerprint density at radius 3 is 2.76 bits per heavy atom. The van der Waals surface area contributed by atoms with Crippen molar-refractivity contribution in [1.82, 2.24) is 15.1 Å². The smallest absolute Gasteiger partial charge is 0.255 e. The van der Waals surface area contributed by atoms with Gasteiger partial charge in [-0.1, -0.05) is 15.9 Å². The van der Waals surface area contributed by atoms with Crippen LogP contribution in [0.3, 0.4) is 0 Å². The van der Waals surface area contributed by atoms with Crippen LogP contribution in [0.15, 0.2) is 28.7 Å². The molecule has 1 amide bonds. The molecule has 1 aromatic carbocycles. The van der Waals surface area contributed by atoms with Crippen molar-refractivity contribution in [2.75, 3.05) is 6.54 Å². The van der Waals surface area contributed by atoms with Gasteiger partial charge in [0.15, 0.2) is 0 Å². The van der Waals surface area contributed by atoms with E-state index in [0.29, 0.717) is 6.54 Å². The van der Waals surface area contributed by atoms with E-state index in [0.717, 1.165) is 28.8 Å². The van der Waals surface area contributed by atoms with Gasteiger partial charge in [0, 0.05) is 23.3 Å². The van der Waals surface area contributed by atoms with Crippen LogP contribution < -0.4 is 5.32 Å². The van der Waals surface area contributed by atoms with Gasteiger partial charge >= 0.3 is 0 Å². The van der Waals surface area contributed by atoms with Gasteiger partial charge < -0.3 is 10.4 Å². The van der Waals surface area contributed by atoms with Crippen molar-refractivity contribution in [1.29, 1.82) is 0 Å². The zero-order chi connectivity index (χ0) is 15.4. The molecule has 0 aliphatic carbocycles. The van der Waals surface area contributed by atoms with E-state index in [9.17, 15) is 9.90 Å². The molecule has 5 nitrogen and oxygen atoms in total. The number of amides is 1. The second-order valence-corrected chi connectivity index (χ2v) is 5.84. The van der Waals surface area contributed by atoms with E-state index in [-0.39, 0.29) is 17.2 Å². The lowest BCUT2D eigenvalue weighted by atomic mass is 10.2. The summed E-state index contributed by atoms with van der Waals surface area (Å²) in [7, 11) is 0. The molecule has 21 heavy (non-hydrogen) atoms. The molecule has 0 bridgehead atoms. The number of carbonyl (C=O) groups is 1. The zero-order valence-electron chi connectivity index (χ0n) is 12.1. The number of aryl methyl sites for hydroxylation is 3. The summed E-state index contributed by atoms with van der Waals surface area (Å²) >= 11 is 3.24. The van der Waals surface area contributed by atoms with Gasteiger partial charge in [-0.2, -0.15) is 5.10 Å². The SMILES string of the molecule is Cc1cc(C)n(CCCNC(=O)c2ccc(Br)cc2O)n1. The van der Waals surface area contributed by atoms with Crippen LogP contribution in [0.5, 0.6) is 5.75 Å². The van der Waals surface area contributed by atoms with Crippen LogP contribution in [0, 0.1) is 13.8 Å². The number of halogens is 1. The van der Waals surface area contributed by atoms with Crippen LogP contribution in [0.2, 0.25) is 0 Å². The van der Waals surface area contributed by atoms with Gasteiger partial charge in [-0.05, 0) is 44.5 Å². The highest BCUT2D eigenvalue weighted by Crippen LogP contribution is 2.22. The van der Waals surface area contributed by atoms with E-state index < -0.39 is 0 Å². The van der Waals surface area contributed by atoms with Crippen molar-refractivity contribution < 1.29 is 9.90 Å². The Labute approximate surface area is 132 Å². The zero-order valence-corrected chi connectivity index (χ0v) is 13.6. The van der Waals surface area contributed by atoms with E-state index in [1.165, 1.54) is 6.07 Å². The van der Waals surface area contributed by atoms with Crippen molar-refractivity contribution >= 4 is 21.8 Å². The molecule has 0 spiro atoms. The predicted molar refractivity (Wildman–Crippen MR) is 84.5 cm³/mol. The maximum absolute atomic E-state index is 12.0. The molecule has 2 N–H and O–H groups in total. The fraction of sp³-hybridized carbons (Fsp3) is 0.333. The van der Waals surface area contributed by atoms with Crippen LogP contribution in [0.4, 0.5) is 0 Å². The third-order valence-corrected chi connectivity index (χ3v) is 3.63. The third-order valence-electron chi connectivity index (χ3n) is 3.14. The molecule has 0 aliphatic heterocycles. The predicted octanol–water partition coefficient (Wildman–Crippen LogP) is 2.79. The van der Waals surface area contributed by atoms with Crippen molar-refractivity contribution in [2.24, 2.45) is 0 Å². The van der Waals surface area contributed by atoms with Gasteiger partial charge in [-0.25, -0.2) is 0 Å². The molecule has 0 saturated carbocycles. The van der Waals surface area contributed by atoms with Gasteiger partial charge in [-0.3, -0.25) is 9.48 Å². The first-order valence-corrected chi connectivity index (χ1v) is 7.54. The van der Waals surface area contributed by atoms with Gasteiger partial charge in [-0.15, -0.1) is 0 Å². The average Bonchev–Trinajstić information content (AvgIpc) is 2.73. The first kappa shape index (κ1) is 15.6. The fourth-order valence-corrected chi connectivity index (χ4v) is 2.47. The molecule has 112 valence electrons. The molecule has 1 aromatic heterocycles. The quantitative estimate of drug-likeness (QED) is 0.814. The lowest BCUT2D eigenvalue weighted by molar-refractivity contribution is 0.0950. The number of phenolic OH excluding ortho intramolecular Hbond substituents is 1. The van der Waals surface area contributed by atoms with Crippen molar-refractivity contribution in [2.45, 2.75) is 26.8 Å². The first-order chi connectivity index (χ1) is 9.97. The normalized spacial score (nSPS) is 10.6. The molecule has 2 rings (SSSR count). The number of hydrogen-bond donors (Lipinski definition) is 2. The van der Waals surface area contributed by atoms with E-state index in [4.69, 9.17) is 0 Å². The number of aromatic hydroxyl groups is 1. The molecule has 0 fully saturated rings. The second-order valence-electron chi connectivity index (χ2n) is 4.92. The number of nitrogens with zero attached hydrogens (tertiary/aromatic N) is 2. The maximum atomic E-state index is 12.0. The molecular weight excluding hydrogens is 334 g/mol. The Bertz CT molecular complexity index is 652. The molecule has 0 atom stereocenters. The van der Waals surface area contributed by atoms with Crippen molar-refractivity contribution in [3.05, 3.63) is 45.7 Å². The van der Waals surface area contributed by atoms with Gasteiger partial charge in [0.2, 0.25) is 0 Å². The summed E-state index contributed by atoms with van der Waals surface area (Å²) in [5.74, 6) is -0.297. The Hall–Kier alpha value is -1.82. The molecule has 6 heteroatoms. The number of phenols is 1. The van der Waals surface area contributed by atoms with Crippen LogP contribution in [-0.2, 0) is 6.54 Å². The van der Waals surface area contributed by atoms with Crippen molar-refractivity contribution in [3.8, 4) is 5.75 Å². The average molecular weight is 352 g/mol. The minimum atomic E-state index is -0.270. The number of benzene rings is 1. The Morgan fingerprint density at radius 2 is 2.14 bits per heavy atom. The first-order valence-electron chi connectivity index (χ1n) is 6.75. The summed E-state index contributed by atoms with van der Waals surface area (Å²) in [6.07, 6.45) is 0.783. The molecule has 0 saturated heterocycles. The number of hydrogen-bond acceptors (Lipinski definition) is 3. The van der Waals surface area contributed by atoms with Gasteiger partial charge in [0.1, 0.15) is 5.75 Å². The van der Waals surface area contributed by atoms with E-state index in [2.05, 4.69) is 26.3 Å². The lowest BCUT2D eigenvalue weighted by Gasteiger charge is -2.08. The summed E-state index contributed by atoms with van der Waals surface area (Å²) in [5.41, 5.74) is 2.39. The number of carbonyl (C=O) groups excluding carboxylic acids is 1. The number of nitrogens with one attached hydrogen (secondary N) is 1. The molecule has 0 radical (unpaired) electrons. The number of rotatable bonds is 5. The lowest BCUT2D eigenvalue weighted by Crippen LogP contribution is -2.25.